The van der Waals surface area contributed by atoms with Crippen molar-refractivity contribution in [2.24, 2.45) is 0 Å². The fourth-order valence-electron chi connectivity index (χ4n) is 2.77. The zero-order valence-electron chi connectivity index (χ0n) is 15.1. The second-order valence-electron chi connectivity index (χ2n) is 6.60. The predicted molar refractivity (Wildman–Crippen MR) is 97.9 cm³/mol. The maximum atomic E-state index is 11.9. The summed E-state index contributed by atoms with van der Waals surface area (Å²) in [5, 5.41) is 9.00. The van der Waals surface area contributed by atoms with Crippen molar-refractivity contribution in [2.45, 2.75) is 84.2 Å². The van der Waals surface area contributed by atoms with Crippen molar-refractivity contribution < 1.29 is 14.7 Å². The van der Waals surface area contributed by atoms with Crippen LogP contribution < -0.4 is 0 Å². The molecule has 3 heteroatoms. The topological polar surface area (TPSA) is 54.4 Å². The van der Waals surface area contributed by atoms with Crippen molar-refractivity contribution in [1.82, 2.24) is 0 Å². The van der Waals surface area contributed by atoms with Crippen LogP contribution in [-0.2, 0) is 22.6 Å². The highest BCUT2D eigenvalue weighted by Gasteiger charge is 2.09. The molecule has 0 bridgehead atoms. The largest absolute Gasteiger partial charge is 0.392 e. The number of carbonyl (C=O) groups excluding carboxylic acids is 2. The molecule has 1 rings (SSSR count). The molecule has 3 nitrogen and oxygen atoms in total. The van der Waals surface area contributed by atoms with E-state index in [1.807, 2.05) is 24.3 Å². The molecule has 0 saturated carbocycles. The Kier molecular flexibility index (Phi) is 11.0. The number of rotatable bonds is 14. The summed E-state index contributed by atoms with van der Waals surface area (Å²) in [6.45, 7) is 2.24. The molecule has 1 aromatic rings. The first-order valence-electron chi connectivity index (χ1n) is 9.37. The van der Waals surface area contributed by atoms with Crippen molar-refractivity contribution in [1.29, 1.82) is 0 Å². The monoisotopic (exact) mass is 332 g/mol. The molecule has 0 aromatic heterocycles. The van der Waals surface area contributed by atoms with E-state index < -0.39 is 0 Å². The molecule has 0 radical (unpaired) electrons. The third-order valence-electron chi connectivity index (χ3n) is 4.35. The van der Waals surface area contributed by atoms with Crippen LogP contribution in [0.2, 0.25) is 0 Å². The Bertz CT molecular complexity index is 476. The first-order valence-corrected chi connectivity index (χ1v) is 9.37. The lowest BCUT2D eigenvalue weighted by atomic mass is 10.0. The molecule has 0 fully saturated rings. The van der Waals surface area contributed by atoms with Crippen LogP contribution in [0.1, 0.15) is 82.3 Å². The maximum Gasteiger partial charge on any atom is 0.140 e. The van der Waals surface area contributed by atoms with Crippen LogP contribution in [0.15, 0.2) is 24.3 Å². The van der Waals surface area contributed by atoms with Gasteiger partial charge in [-0.2, -0.15) is 0 Å². The van der Waals surface area contributed by atoms with Gasteiger partial charge in [0.05, 0.1) is 13.0 Å². The predicted octanol–water partition coefficient (Wildman–Crippen LogP) is 4.78. The number of hydrogen-bond donors (Lipinski definition) is 1. The normalized spacial score (nSPS) is 10.8. The van der Waals surface area contributed by atoms with Gasteiger partial charge in [0.2, 0.25) is 0 Å². The smallest absolute Gasteiger partial charge is 0.140 e. The van der Waals surface area contributed by atoms with Crippen molar-refractivity contribution >= 4 is 11.6 Å². The number of ketones is 2. The SMILES string of the molecule is CCCCCCCCCC(=O)CC(=O)CCc1ccc(CO)cc1. The highest BCUT2D eigenvalue weighted by molar-refractivity contribution is 5.99. The Balaban J connectivity index is 2.09. The van der Waals surface area contributed by atoms with E-state index in [0.29, 0.717) is 19.3 Å². The Hall–Kier alpha value is -1.48. The highest BCUT2D eigenvalue weighted by atomic mass is 16.3. The fraction of sp³-hybridized carbons (Fsp3) is 0.619. The van der Waals surface area contributed by atoms with Crippen LogP contribution in [-0.4, -0.2) is 16.7 Å². The van der Waals surface area contributed by atoms with Gasteiger partial charge in [0.15, 0.2) is 0 Å². The van der Waals surface area contributed by atoms with Crippen LogP contribution in [0.5, 0.6) is 0 Å². The van der Waals surface area contributed by atoms with E-state index in [2.05, 4.69) is 6.92 Å². The number of carbonyl (C=O) groups is 2. The molecule has 0 saturated heterocycles. The van der Waals surface area contributed by atoms with Gasteiger partial charge in [-0.15, -0.1) is 0 Å². The van der Waals surface area contributed by atoms with Gasteiger partial charge in [0, 0.05) is 12.8 Å². The molecule has 0 aliphatic carbocycles. The van der Waals surface area contributed by atoms with Gasteiger partial charge in [-0.1, -0.05) is 69.7 Å². The van der Waals surface area contributed by atoms with Crippen LogP contribution in [0.4, 0.5) is 0 Å². The lowest BCUT2D eigenvalue weighted by molar-refractivity contribution is -0.127. The second-order valence-corrected chi connectivity index (χ2v) is 6.60. The Morgan fingerprint density at radius 3 is 1.96 bits per heavy atom. The zero-order valence-corrected chi connectivity index (χ0v) is 15.1. The molecule has 0 aliphatic rings. The molecule has 1 N–H and O–H groups in total. The van der Waals surface area contributed by atoms with Gasteiger partial charge in [0.1, 0.15) is 11.6 Å². The van der Waals surface area contributed by atoms with Gasteiger partial charge in [0.25, 0.3) is 0 Å². The minimum absolute atomic E-state index is 0.0340. The van der Waals surface area contributed by atoms with Gasteiger partial charge in [-0.3, -0.25) is 9.59 Å². The van der Waals surface area contributed by atoms with Crippen LogP contribution >= 0.6 is 0 Å². The summed E-state index contributed by atoms with van der Waals surface area (Å²) in [5.41, 5.74) is 1.94. The molecule has 0 aliphatic heterocycles. The Labute approximate surface area is 146 Å². The van der Waals surface area contributed by atoms with Crippen molar-refractivity contribution in [3.8, 4) is 0 Å². The minimum atomic E-state index is 0.0340. The third-order valence-corrected chi connectivity index (χ3v) is 4.35. The standard InChI is InChI=1S/C21H32O3/c1-2-3-4-5-6-7-8-9-20(23)16-21(24)15-14-18-10-12-19(17-22)13-11-18/h10-13,22H,2-9,14-17H2,1H3. The van der Waals surface area contributed by atoms with Crippen molar-refractivity contribution in [2.75, 3.05) is 0 Å². The van der Waals surface area contributed by atoms with E-state index in [1.54, 1.807) is 0 Å². The van der Waals surface area contributed by atoms with Gasteiger partial charge in [-0.05, 0) is 24.0 Å². The summed E-state index contributed by atoms with van der Waals surface area (Å²) in [6, 6.07) is 7.59. The average Bonchev–Trinajstić information content (AvgIpc) is 2.59. The molecule has 0 amide bonds. The molecule has 0 heterocycles. The molecule has 0 spiro atoms. The van der Waals surface area contributed by atoms with Gasteiger partial charge >= 0.3 is 0 Å². The number of Topliss-reactive ketones (excluding diaryl/α,β-unsaturated/α-hetero) is 2. The maximum absolute atomic E-state index is 11.9. The second kappa shape index (κ2) is 12.9. The van der Waals surface area contributed by atoms with Crippen LogP contribution in [0.25, 0.3) is 0 Å². The summed E-state index contributed by atoms with van der Waals surface area (Å²) in [7, 11) is 0. The van der Waals surface area contributed by atoms with E-state index in [4.69, 9.17) is 5.11 Å². The van der Waals surface area contributed by atoms with Crippen molar-refractivity contribution in [3.63, 3.8) is 0 Å². The third kappa shape index (κ3) is 9.61. The fourth-order valence-corrected chi connectivity index (χ4v) is 2.77. The molecular weight excluding hydrogens is 300 g/mol. The van der Waals surface area contributed by atoms with E-state index in [1.165, 1.54) is 32.1 Å². The average molecular weight is 332 g/mol. The quantitative estimate of drug-likeness (QED) is 0.394. The molecule has 0 unspecified atom stereocenters. The first-order chi connectivity index (χ1) is 11.7. The van der Waals surface area contributed by atoms with E-state index in [0.717, 1.165) is 24.0 Å². The highest BCUT2D eigenvalue weighted by Crippen LogP contribution is 2.11. The Morgan fingerprint density at radius 1 is 0.792 bits per heavy atom. The summed E-state index contributed by atoms with van der Waals surface area (Å²) in [6.07, 6.45) is 10.0. The number of hydrogen-bond acceptors (Lipinski definition) is 3. The molecule has 1 aromatic carbocycles. The van der Waals surface area contributed by atoms with E-state index in [9.17, 15) is 9.59 Å². The number of aliphatic hydroxyl groups is 1. The summed E-state index contributed by atoms with van der Waals surface area (Å²) in [4.78, 5) is 23.7. The summed E-state index contributed by atoms with van der Waals surface area (Å²) >= 11 is 0. The minimum Gasteiger partial charge on any atom is -0.392 e. The van der Waals surface area contributed by atoms with Crippen molar-refractivity contribution in [3.05, 3.63) is 35.4 Å². The van der Waals surface area contributed by atoms with E-state index >= 15 is 0 Å². The molecule has 24 heavy (non-hydrogen) atoms. The van der Waals surface area contributed by atoms with Gasteiger partial charge in [-0.25, -0.2) is 0 Å². The molecule has 0 atom stereocenters. The number of aliphatic hydroxyl groups excluding tert-OH is 1. The summed E-state index contributed by atoms with van der Waals surface area (Å²) < 4.78 is 0. The van der Waals surface area contributed by atoms with E-state index in [-0.39, 0.29) is 24.6 Å². The number of unbranched alkanes of at least 4 members (excludes halogenated alkanes) is 6. The molecular formula is C21H32O3. The van der Waals surface area contributed by atoms with Crippen LogP contribution in [0.3, 0.4) is 0 Å². The van der Waals surface area contributed by atoms with Gasteiger partial charge < -0.3 is 5.11 Å². The summed E-state index contributed by atoms with van der Waals surface area (Å²) in [5.74, 6) is 0.123. The molecule has 134 valence electrons. The Morgan fingerprint density at radius 2 is 1.33 bits per heavy atom. The number of benzene rings is 1. The first kappa shape index (κ1) is 20.6. The van der Waals surface area contributed by atoms with Crippen LogP contribution in [0, 0.1) is 0 Å². The number of aryl methyl sites for hydroxylation is 1. The lowest BCUT2D eigenvalue weighted by Crippen LogP contribution is -2.08. The zero-order chi connectivity index (χ0) is 17.6. The lowest BCUT2D eigenvalue weighted by Gasteiger charge is -2.04.